The van der Waals surface area contributed by atoms with Gasteiger partial charge in [0.15, 0.2) is 0 Å². The van der Waals surface area contributed by atoms with Gasteiger partial charge in [0.05, 0.1) is 12.0 Å². The predicted molar refractivity (Wildman–Crippen MR) is 113 cm³/mol. The molecule has 152 valence electrons. The number of halogens is 1. The van der Waals surface area contributed by atoms with Gasteiger partial charge in [0.1, 0.15) is 12.4 Å². The monoisotopic (exact) mass is 404 g/mol. The van der Waals surface area contributed by atoms with Crippen molar-refractivity contribution in [1.29, 1.82) is 0 Å². The highest BCUT2D eigenvalue weighted by atomic mass is 35.5. The first-order chi connectivity index (χ1) is 13.2. The fraction of sp³-hybridized carbons (Fsp3) is 0.409. The van der Waals surface area contributed by atoms with Gasteiger partial charge in [0, 0.05) is 13.7 Å². The summed E-state index contributed by atoms with van der Waals surface area (Å²) >= 11 is 0. The first kappa shape index (κ1) is 22.2. The summed E-state index contributed by atoms with van der Waals surface area (Å²) in [6, 6.07) is 18.0. The summed E-state index contributed by atoms with van der Waals surface area (Å²) in [5, 5.41) is 6.39. The highest BCUT2D eigenvalue weighted by Gasteiger charge is 2.39. The molecule has 3 rings (SSSR count). The molecule has 0 aromatic heterocycles. The van der Waals surface area contributed by atoms with Crippen LogP contribution in [0.25, 0.3) is 0 Å². The Labute approximate surface area is 173 Å². The predicted octanol–water partition coefficient (Wildman–Crippen LogP) is 3.32. The van der Waals surface area contributed by atoms with Crippen LogP contribution in [0.3, 0.4) is 0 Å². The van der Waals surface area contributed by atoms with E-state index in [2.05, 4.69) is 10.6 Å². The van der Waals surface area contributed by atoms with E-state index in [4.69, 9.17) is 9.47 Å². The highest BCUT2D eigenvalue weighted by Crippen LogP contribution is 2.29. The van der Waals surface area contributed by atoms with Crippen LogP contribution >= 0.6 is 12.4 Å². The number of piperidine rings is 1. The number of hydrogen-bond acceptors (Lipinski definition) is 4. The zero-order valence-corrected chi connectivity index (χ0v) is 17.1. The van der Waals surface area contributed by atoms with Crippen molar-refractivity contribution in [3.05, 3.63) is 65.7 Å². The molecule has 2 N–H and O–H groups in total. The molecule has 1 heterocycles. The smallest absolute Gasteiger partial charge is 0.228 e. The molecular formula is C22H29ClN2O3. The third-order valence-electron chi connectivity index (χ3n) is 5.09. The molecule has 1 aliphatic heterocycles. The van der Waals surface area contributed by atoms with Crippen molar-refractivity contribution in [1.82, 2.24) is 10.6 Å². The fourth-order valence-electron chi connectivity index (χ4n) is 3.43. The van der Waals surface area contributed by atoms with Gasteiger partial charge in [0.2, 0.25) is 5.91 Å². The summed E-state index contributed by atoms with van der Waals surface area (Å²) in [6.07, 6.45) is 1.61. The summed E-state index contributed by atoms with van der Waals surface area (Å²) in [7, 11) is 1.66. The van der Waals surface area contributed by atoms with E-state index >= 15 is 0 Å². The van der Waals surface area contributed by atoms with Gasteiger partial charge in [-0.3, -0.25) is 4.79 Å². The number of ether oxygens (including phenoxy) is 2. The Morgan fingerprint density at radius 1 is 1.04 bits per heavy atom. The van der Waals surface area contributed by atoms with Gasteiger partial charge in [-0.1, -0.05) is 42.5 Å². The minimum absolute atomic E-state index is 0. The van der Waals surface area contributed by atoms with E-state index in [1.165, 1.54) is 0 Å². The normalized spacial score (nSPS) is 15.3. The zero-order valence-electron chi connectivity index (χ0n) is 16.3. The molecule has 28 heavy (non-hydrogen) atoms. The molecule has 0 radical (unpaired) electrons. The second kappa shape index (κ2) is 11.1. The largest absolute Gasteiger partial charge is 0.489 e. The Kier molecular flexibility index (Phi) is 8.77. The van der Waals surface area contributed by atoms with Crippen molar-refractivity contribution in [2.24, 2.45) is 5.41 Å². The number of amides is 1. The van der Waals surface area contributed by atoms with Gasteiger partial charge in [-0.2, -0.15) is 0 Å². The molecule has 2 aromatic carbocycles. The first-order valence-electron chi connectivity index (χ1n) is 9.45. The molecule has 0 unspecified atom stereocenters. The molecule has 1 aliphatic rings. The zero-order chi connectivity index (χ0) is 19.0. The highest BCUT2D eigenvalue weighted by molar-refractivity contribution is 5.85. The molecule has 2 aromatic rings. The Hall–Kier alpha value is -2.08. The van der Waals surface area contributed by atoms with E-state index < -0.39 is 5.41 Å². The number of carbonyl (C=O) groups is 1. The molecule has 5 nitrogen and oxygen atoms in total. The lowest BCUT2D eigenvalue weighted by Gasteiger charge is -2.35. The van der Waals surface area contributed by atoms with Crippen molar-refractivity contribution >= 4 is 18.3 Å². The van der Waals surface area contributed by atoms with Crippen LogP contribution in [0, 0.1) is 5.41 Å². The van der Waals surface area contributed by atoms with Crippen LogP contribution in [0.5, 0.6) is 5.75 Å². The average Bonchev–Trinajstić information content (AvgIpc) is 2.73. The molecule has 0 spiro atoms. The summed E-state index contributed by atoms with van der Waals surface area (Å²) in [4.78, 5) is 12.8. The van der Waals surface area contributed by atoms with E-state index in [9.17, 15) is 4.79 Å². The SMILES string of the molecule is COCC1(C(=O)NCc2ccc(OCc3ccccc3)cc2)CCNCC1.Cl. The number of methoxy groups -OCH3 is 1. The maximum atomic E-state index is 12.8. The lowest BCUT2D eigenvalue weighted by molar-refractivity contribution is -0.136. The second-order valence-corrected chi connectivity index (χ2v) is 7.06. The molecule has 0 aliphatic carbocycles. The Balaban J connectivity index is 0.00000280. The number of carbonyl (C=O) groups excluding carboxylic acids is 1. The minimum Gasteiger partial charge on any atom is -0.489 e. The summed E-state index contributed by atoms with van der Waals surface area (Å²) in [5.41, 5.74) is 1.77. The van der Waals surface area contributed by atoms with Crippen molar-refractivity contribution in [3.63, 3.8) is 0 Å². The van der Waals surface area contributed by atoms with E-state index in [1.54, 1.807) is 7.11 Å². The van der Waals surface area contributed by atoms with Crippen LogP contribution in [-0.2, 0) is 22.7 Å². The molecule has 1 saturated heterocycles. The van der Waals surface area contributed by atoms with Crippen molar-refractivity contribution in [2.45, 2.75) is 26.0 Å². The summed E-state index contributed by atoms with van der Waals surface area (Å²) in [5.74, 6) is 0.901. The minimum atomic E-state index is -0.418. The van der Waals surface area contributed by atoms with Crippen LogP contribution in [0.15, 0.2) is 54.6 Å². The quantitative estimate of drug-likeness (QED) is 0.708. The number of rotatable bonds is 8. The molecule has 0 bridgehead atoms. The van der Waals surface area contributed by atoms with Gasteiger partial charge in [-0.05, 0) is 49.2 Å². The Morgan fingerprint density at radius 3 is 2.36 bits per heavy atom. The van der Waals surface area contributed by atoms with Crippen LogP contribution in [0.4, 0.5) is 0 Å². The van der Waals surface area contributed by atoms with Gasteiger partial charge in [0.25, 0.3) is 0 Å². The van der Waals surface area contributed by atoms with E-state index in [0.29, 0.717) is 19.8 Å². The Bertz CT molecular complexity index is 711. The first-order valence-corrected chi connectivity index (χ1v) is 9.45. The molecule has 0 atom stereocenters. The molecular weight excluding hydrogens is 376 g/mol. The molecule has 1 fully saturated rings. The fourth-order valence-corrected chi connectivity index (χ4v) is 3.43. The van der Waals surface area contributed by atoms with Crippen LogP contribution < -0.4 is 15.4 Å². The van der Waals surface area contributed by atoms with Crippen LogP contribution in [-0.4, -0.2) is 32.7 Å². The standard InChI is InChI=1S/C22H28N2O3.ClH/c1-26-17-22(11-13-23-14-12-22)21(25)24-15-18-7-9-20(10-8-18)27-16-19-5-3-2-4-6-19;/h2-10,23H,11-17H2,1H3,(H,24,25);1H. The number of benzene rings is 2. The van der Waals surface area contributed by atoms with Crippen molar-refractivity contribution < 1.29 is 14.3 Å². The van der Waals surface area contributed by atoms with Crippen LogP contribution in [0.1, 0.15) is 24.0 Å². The third kappa shape index (κ3) is 5.96. The van der Waals surface area contributed by atoms with Gasteiger partial charge < -0.3 is 20.1 Å². The lowest BCUT2D eigenvalue weighted by Crippen LogP contribution is -2.49. The second-order valence-electron chi connectivity index (χ2n) is 7.06. The maximum Gasteiger partial charge on any atom is 0.228 e. The van der Waals surface area contributed by atoms with Crippen LogP contribution in [0.2, 0.25) is 0 Å². The summed E-state index contributed by atoms with van der Waals surface area (Å²) < 4.78 is 11.1. The number of nitrogens with one attached hydrogen (secondary N) is 2. The van der Waals surface area contributed by atoms with Gasteiger partial charge in [-0.25, -0.2) is 0 Å². The molecule has 0 saturated carbocycles. The van der Waals surface area contributed by atoms with E-state index in [-0.39, 0.29) is 18.3 Å². The molecule has 1 amide bonds. The Morgan fingerprint density at radius 2 is 1.71 bits per heavy atom. The van der Waals surface area contributed by atoms with Gasteiger partial charge >= 0.3 is 0 Å². The number of hydrogen-bond donors (Lipinski definition) is 2. The average molecular weight is 405 g/mol. The molecule has 6 heteroatoms. The van der Waals surface area contributed by atoms with Crippen molar-refractivity contribution in [3.8, 4) is 5.75 Å². The topological polar surface area (TPSA) is 59.6 Å². The maximum absolute atomic E-state index is 12.8. The van der Waals surface area contributed by atoms with Crippen molar-refractivity contribution in [2.75, 3.05) is 26.8 Å². The van der Waals surface area contributed by atoms with Gasteiger partial charge in [-0.15, -0.1) is 12.4 Å². The lowest BCUT2D eigenvalue weighted by atomic mass is 9.78. The van der Waals surface area contributed by atoms with E-state index in [0.717, 1.165) is 42.8 Å². The summed E-state index contributed by atoms with van der Waals surface area (Å²) in [6.45, 7) is 3.22. The van der Waals surface area contributed by atoms with E-state index in [1.807, 2.05) is 54.6 Å². The third-order valence-corrected chi connectivity index (χ3v) is 5.09.